The van der Waals surface area contributed by atoms with E-state index in [1.165, 1.54) is 0 Å². The minimum atomic E-state index is -0.209. The third kappa shape index (κ3) is 3.50. The van der Waals surface area contributed by atoms with Crippen LogP contribution in [0.1, 0.15) is 25.3 Å². The quantitative estimate of drug-likeness (QED) is 0.583. The first-order valence-corrected chi connectivity index (χ1v) is 4.93. The van der Waals surface area contributed by atoms with Crippen LogP contribution < -0.4 is 11.5 Å². The van der Waals surface area contributed by atoms with Crippen molar-refractivity contribution in [3.05, 3.63) is 23.8 Å². The number of ether oxygens (including phenoxy) is 1. The molecule has 1 rings (SSSR count). The van der Waals surface area contributed by atoms with Crippen molar-refractivity contribution in [2.45, 2.75) is 26.4 Å². The number of benzene rings is 1. The third-order valence-corrected chi connectivity index (χ3v) is 2.01. The second-order valence-electron chi connectivity index (χ2n) is 3.37. The summed E-state index contributed by atoms with van der Waals surface area (Å²) in [5.41, 5.74) is 13.3. The minimum Gasteiger partial charge on any atom is -0.461 e. The molecule has 4 N–H and O–H groups in total. The van der Waals surface area contributed by atoms with Crippen LogP contribution in [0.15, 0.2) is 18.2 Å². The van der Waals surface area contributed by atoms with Crippen LogP contribution in [-0.2, 0) is 16.1 Å². The number of hydrogen-bond donors (Lipinski definition) is 2. The molecule has 82 valence electrons. The molecule has 0 amide bonds. The molecular formula is C11H16N2O2. The standard InChI is InChI=1S/C11H16N2O2/c1-2-3-11(14)15-7-8-6-9(12)4-5-10(8)13/h4-6H,2-3,7,12-13H2,1H3. The normalized spacial score (nSPS) is 9.93. The molecular weight excluding hydrogens is 192 g/mol. The molecule has 0 aliphatic heterocycles. The lowest BCUT2D eigenvalue weighted by Gasteiger charge is -2.07. The Bertz CT molecular complexity index is 350. The smallest absolute Gasteiger partial charge is 0.306 e. The largest absolute Gasteiger partial charge is 0.461 e. The highest BCUT2D eigenvalue weighted by molar-refractivity contribution is 5.69. The van der Waals surface area contributed by atoms with E-state index in [4.69, 9.17) is 16.2 Å². The number of carbonyl (C=O) groups excluding carboxylic acids is 1. The molecule has 0 bridgehead atoms. The van der Waals surface area contributed by atoms with Crippen LogP contribution in [0.25, 0.3) is 0 Å². The number of nitrogens with two attached hydrogens (primary N) is 2. The summed E-state index contributed by atoms with van der Waals surface area (Å²) in [6, 6.07) is 5.14. The maximum absolute atomic E-state index is 11.1. The molecule has 0 atom stereocenters. The highest BCUT2D eigenvalue weighted by Gasteiger charge is 2.04. The Labute approximate surface area is 89.2 Å². The first-order chi connectivity index (χ1) is 7.13. The molecule has 0 spiro atoms. The molecule has 1 aromatic rings. The Kier molecular flexibility index (Phi) is 3.97. The third-order valence-electron chi connectivity index (χ3n) is 2.01. The van der Waals surface area contributed by atoms with Gasteiger partial charge in [-0.25, -0.2) is 0 Å². The molecule has 0 aromatic heterocycles. The first kappa shape index (κ1) is 11.4. The van der Waals surface area contributed by atoms with Gasteiger partial charge in [0.1, 0.15) is 6.61 Å². The van der Waals surface area contributed by atoms with Crippen molar-refractivity contribution in [2.75, 3.05) is 11.5 Å². The van der Waals surface area contributed by atoms with Crippen LogP contribution in [0.5, 0.6) is 0 Å². The number of carbonyl (C=O) groups is 1. The van der Waals surface area contributed by atoms with Gasteiger partial charge < -0.3 is 16.2 Å². The summed E-state index contributed by atoms with van der Waals surface area (Å²) in [5, 5.41) is 0. The Hall–Kier alpha value is -1.71. The van der Waals surface area contributed by atoms with Crippen LogP contribution in [0.4, 0.5) is 11.4 Å². The highest BCUT2D eigenvalue weighted by Crippen LogP contribution is 2.16. The zero-order chi connectivity index (χ0) is 11.3. The molecule has 1 aromatic carbocycles. The fourth-order valence-electron chi connectivity index (χ4n) is 1.19. The maximum atomic E-state index is 11.1. The molecule has 0 unspecified atom stereocenters. The summed E-state index contributed by atoms with van der Waals surface area (Å²) in [6.45, 7) is 2.12. The molecule has 0 saturated heterocycles. The van der Waals surface area contributed by atoms with Gasteiger partial charge in [-0.1, -0.05) is 6.92 Å². The summed E-state index contributed by atoms with van der Waals surface area (Å²) in [6.07, 6.45) is 1.22. The molecule has 0 heterocycles. The van der Waals surface area contributed by atoms with Crippen LogP contribution in [0.3, 0.4) is 0 Å². The lowest BCUT2D eigenvalue weighted by molar-refractivity contribution is -0.144. The molecule has 0 fully saturated rings. The Balaban J connectivity index is 2.57. The van der Waals surface area contributed by atoms with Crippen molar-refractivity contribution in [1.82, 2.24) is 0 Å². The predicted molar refractivity (Wildman–Crippen MR) is 60.0 cm³/mol. The van der Waals surface area contributed by atoms with Gasteiger partial charge in [0.2, 0.25) is 0 Å². The fourth-order valence-corrected chi connectivity index (χ4v) is 1.19. The average molecular weight is 208 g/mol. The van der Waals surface area contributed by atoms with E-state index in [1.807, 2.05) is 6.92 Å². The average Bonchev–Trinajstić information content (AvgIpc) is 2.20. The van der Waals surface area contributed by atoms with Gasteiger partial charge in [0.25, 0.3) is 0 Å². The fraction of sp³-hybridized carbons (Fsp3) is 0.364. The number of esters is 1. The van der Waals surface area contributed by atoms with Crippen molar-refractivity contribution in [3.8, 4) is 0 Å². The number of anilines is 2. The summed E-state index contributed by atoms with van der Waals surface area (Å²) in [7, 11) is 0. The van der Waals surface area contributed by atoms with E-state index in [9.17, 15) is 4.79 Å². The van der Waals surface area contributed by atoms with Gasteiger partial charge >= 0.3 is 5.97 Å². The second kappa shape index (κ2) is 5.24. The van der Waals surface area contributed by atoms with Gasteiger partial charge in [0, 0.05) is 23.4 Å². The molecule has 0 aliphatic rings. The summed E-state index contributed by atoms with van der Waals surface area (Å²) in [5.74, 6) is -0.209. The van der Waals surface area contributed by atoms with Crippen LogP contribution >= 0.6 is 0 Å². The highest BCUT2D eigenvalue weighted by atomic mass is 16.5. The van der Waals surface area contributed by atoms with Gasteiger partial charge in [0.15, 0.2) is 0 Å². The van der Waals surface area contributed by atoms with Crippen LogP contribution in [0.2, 0.25) is 0 Å². The Morgan fingerprint density at radius 2 is 2.13 bits per heavy atom. The van der Waals surface area contributed by atoms with E-state index in [-0.39, 0.29) is 12.6 Å². The van der Waals surface area contributed by atoms with Crippen molar-refractivity contribution in [1.29, 1.82) is 0 Å². The van der Waals surface area contributed by atoms with Crippen molar-refractivity contribution >= 4 is 17.3 Å². The summed E-state index contributed by atoms with van der Waals surface area (Å²) < 4.78 is 5.03. The molecule has 0 saturated carbocycles. The molecule has 4 heteroatoms. The SMILES string of the molecule is CCCC(=O)OCc1cc(N)ccc1N. The monoisotopic (exact) mass is 208 g/mol. The van der Waals surface area contributed by atoms with Crippen molar-refractivity contribution in [3.63, 3.8) is 0 Å². The van der Waals surface area contributed by atoms with E-state index in [1.54, 1.807) is 18.2 Å². The van der Waals surface area contributed by atoms with Crippen LogP contribution in [0, 0.1) is 0 Å². The predicted octanol–water partition coefficient (Wildman–Crippen LogP) is 1.69. The first-order valence-electron chi connectivity index (χ1n) is 4.93. The minimum absolute atomic E-state index is 0.190. The molecule has 0 aliphatic carbocycles. The molecule has 15 heavy (non-hydrogen) atoms. The number of nitrogen functional groups attached to an aromatic ring is 2. The second-order valence-corrected chi connectivity index (χ2v) is 3.37. The number of hydrogen-bond acceptors (Lipinski definition) is 4. The summed E-state index contributed by atoms with van der Waals surface area (Å²) in [4.78, 5) is 11.1. The zero-order valence-electron chi connectivity index (χ0n) is 8.82. The van der Waals surface area contributed by atoms with E-state index < -0.39 is 0 Å². The molecule has 0 radical (unpaired) electrons. The van der Waals surface area contributed by atoms with Crippen molar-refractivity contribution < 1.29 is 9.53 Å². The zero-order valence-corrected chi connectivity index (χ0v) is 8.82. The van der Waals surface area contributed by atoms with Gasteiger partial charge in [-0.15, -0.1) is 0 Å². The van der Waals surface area contributed by atoms with Gasteiger partial charge in [-0.05, 0) is 24.6 Å². The topological polar surface area (TPSA) is 78.3 Å². The van der Waals surface area contributed by atoms with E-state index in [0.29, 0.717) is 17.8 Å². The molecule has 4 nitrogen and oxygen atoms in total. The Morgan fingerprint density at radius 3 is 2.80 bits per heavy atom. The Morgan fingerprint density at radius 1 is 1.40 bits per heavy atom. The lowest BCUT2D eigenvalue weighted by Crippen LogP contribution is -2.05. The van der Waals surface area contributed by atoms with Crippen LogP contribution in [-0.4, -0.2) is 5.97 Å². The van der Waals surface area contributed by atoms with Crippen molar-refractivity contribution in [2.24, 2.45) is 0 Å². The summed E-state index contributed by atoms with van der Waals surface area (Å²) >= 11 is 0. The van der Waals surface area contributed by atoms with E-state index in [0.717, 1.165) is 12.0 Å². The van der Waals surface area contributed by atoms with E-state index in [2.05, 4.69) is 0 Å². The van der Waals surface area contributed by atoms with Gasteiger partial charge in [-0.2, -0.15) is 0 Å². The maximum Gasteiger partial charge on any atom is 0.306 e. The van der Waals surface area contributed by atoms with Gasteiger partial charge in [0.05, 0.1) is 0 Å². The number of rotatable bonds is 4. The van der Waals surface area contributed by atoms with E-state index >= 15 is 0 Å². The lowest BCUT2D eigenvalue weighted by atomic mass is 10.2. The van der Waals surface area contributed by atoms with Gasteiger partial charge in [-0.3, -0.25) is 4.79 Å².